The second-order valence-corrected chi connectivity index (χ2v) is 5.61. The zero-order valence-corrected chi connectivity index (χ0v) is 13.2. The highest BCUT2D eigenvalue weighted by molar-refractivity contribution is 5.81. The summed E-state index contributed by atoms with van der Waals surface area (Å²) < 4.78 is 49.8. The molecule has 0 fully saturated rings. The van der Waals surface area contributed by atoms with E-state index in [0.29, 0.717) is 0 Å². The highest BCUT2D eigenvalue weighted by Crippen LogP contribution is 2.48. The molecule has 0 aliphatic carbocycles. The van der Waals surface area contributed by atoms with Crippen LogP contribution >= 0.6 is 0 Å². The van der Waals surface area contributed by atoms with E-state index in [1.807, 2.05) is 0 Å². The summed E-state index contributed by atoms with van der Waals surface area (Å²) >= 11 is 0. The molecule has 0 spiro atoms. The van der Waals surface area contributed by atoms with Crippen LogP contribution in [0.2, 0.25) is 0 Å². The molecule has 0 radical (unpaired) electrons. The predicted octanol–water partition coefficient (Wildman–Crippen LogP) is 2.11. The SMILES string of the molecule is CCC(C)(CC(C)(C(=O)OC)C(F)(F)CF)C(=O)OCCO. The minimum Gasteiger partial charge on any atom is -0.468 e. The lowest BCUT2D eigenvalue weighted by Gasteiger charge is -2.39. The molecular formula is C14H23F3O5. The maximum atomic E-state index is 14.0. The Balaban J connectivity index is 5.61. The van der Waals surface area contributed by atoms with Crippen LogP contribution in [0.15, 0.2) is 0 Å². The summed E-state index contributed by atoms with van der Waals surface area (Å²) in [6.07, 6.45) is -0.559. The average molecular weight is 328 g/mol. The second kappa shape index (κ2) is 7.80. The molecule has 0 bridgehead atoms. The van der Waals surface area contributed by atoms with Crippen LogP contribution in [0.5, 0.6) is 0 Å². The van der Waals surface area contributed by atoms with Crippen LogP contribution in [-0.2, 0) is 19.1 Å². The Hall–Kier alpha value is -1.31. The number of ether oxygens (including phenoxy) is 2. The van der Waals surface area contributed by atoms with Gasteiger partial charge in [-0.25, -0.2) is 13.2 Å². The number of halogens is 3. The monoisotopic (exact) mass is 328 g/mol. The maximum Gasteiger partial charge on any atom is 0.317 e. The zero-order chi connectivity index (χ0) is 17.6. The Morgan fingerprint density at radius 2 is 1.73 bits per heavy atom. The van der Waals surface area contributed by atoms with Crippen LogP contribution in [0, 0.1) is 10.8 Å². The summed E-state index contributed by atoms with van der Waals surface area (Å²) in [7, 11) is 0.919. The lowest BCUT2D eigenvalue weighted by molar-refractivity contribution is -0.193. The number of aliphatic hydroxyl groups is 1. The van der Waals surface area contributed by atoms with Gasteiger partial charge in [0.15, 0.2) is 6.67 Å². The van der Waals surface area contributed by atoms with Crippen LogP contribution in [-0.4, -0.2) is 50.0 Å². The van der Waals surface area contributed by atoms with Gasteiger partial charge in [-0.2, -0.15) is 0 Å². The third-order valence-electron chi connectivity index (χ3n) is 3.95. The van der Waals surface area contributed by atoms with E-state index in [0.717, 1.165) is 14.0 Å². The fourth-order valence-corrected chi connectivity index (χ4v) is 2.16. The number of esters is 2. The molecule has 0 aliphatic heterocycles. The highest BCUT2D eigenvalue weighted by Gasteiger charge is 2.60. The third-order valence-corrected chi connectivity index (χ3v) is 3.95. The molecule has 2 unspecified atom stereocenters. The molecule has 1 N–H and O–H groups in total. The molecule has 0 saturated carbocycles. The summed E-state index contributed by atoms with van der Waals surface area (Å²) in [6, 6.07) is 0. The van der Waals surface area contributed by atoms with E-state index in [9.17, 15) is 22.8 Å². The number of carbonyl (C=O) groups is 2. The van der Waals surface area contributed by atoms with Gasteiger partial charge >= 0.3 is 11.9 Å². The average Bonchev–Trinajstić information content (AvgIpc) is 2.50. The van der Waals surface area contributed by atoms with Crippen LogP contribution in [0.3, 0.4) is 0 Å². The Bertz CT molecular complexity index is 402. The van der Waals surface area contributed by atoms with Crippen molar-refractivity contribution in [2.75, 3.05) is 27.0 Å². The fourth-order valence-electron chi connectivity index (χ4n) is 2.16. The molecule has 0 aromatic carbocycles. The molecule has 0 aromatic heterocycles. The Morgan fingerprint density at radius 3 is 2.09 bits per heavy atom. The van der Waals surface area contributed by atoms with Crippen molar-refractivity contribution in [2.24, 2.45) is 10.8 Å². The summed E-state index contributed by atoms with van der Waals surface area (Å²) in [6.45, 7) is 1.02. The Morgan fingerprint density at radius 1 is 1.18 bits per heavy atom. The highest BCUT2D eigenvalue weighted by atomic mass is 19.3. The van der Waals surface area contributed by atoms with Gasteiger partial charge in [0.2, 0.25) is 0 Å². The number of rotatable bonds is 9. The lowest BCUT2D eigenvalue weighted by Crippen LogP contribution is -2.51. The standard InChI is InChI=1S/C14H23F3O5/c1-5-12(2,10(19)22-7-6-18)8-13(3,11(20)21-4)14(16,17)9-15/h18H,5-9H2,1-4H3. The van der Waals surface area contributed by atoms with Gasteiger partial charge in [0.1, 0.15) is 12.0 Å². The van der Waals surface area contributed by atoms with Crippen LogP contribution in [0.25, 0.3) is 0 Å². The van der Waals surface area contributed by atoms with Crippen LogP contribution < -0.4 is 0 Å². The van der Waals surface area contributed by atoms with E-state index >= 15 is 0 Å². The molecule has 0 aliphatic rings. The van der Waals surface area contributed by atoms with E-state index in [-0.39, 0.29) is 13.0 Å². The van der Waals surface area contributed by atoms with Crippen molar-refractivity contribution in [1.29, 1.82) is 0 Å². The van der Waals surface area contributed by atoms with Gasteiger partial charge in [0.25, 0.3) is 5.92 Å². The minimum atomic E-state index is -3.99. The van der Waals surface area contributed by atoms with Crippen molar-refractivity contribution in [2.45, 2.75) is 39.5 Å². The Kier molecular flexibility index (Phi) is 7.34. The molecule has 0 aromatic rings. The van der Waals surface area contributed by atoms with Gasteiger partial charge in [-0.15, -0.1) is 0 Å². The molecule has 130 valence electrons. The van der Waals surface area contributed by atoms with E-state index in [1.54, 1.807) is 6.92 Å². The molecule has 0 saturated heterocycles. The Labute approximate surface area is 127 Å². The van der Waals surface area contributed by atoms with Gasteiger partial charge in [0, 0.05) is 0 Å². The van der Waals surface area contributed by atoms with Crippen molar-refractivity contribution >= 4 is 11.9 Å². The quantitative estimate of drug-likeness (QED) is 0.656. The van der Waals surface area contributed by atoms with E-state index in [2.05, 4.69) is 4.74 Å². The van der Waals surface area contributed by atoms with Crippen molar-refractivity contribution in [3.05, 3.63) is 0 Å². The first-order valence-electron chi connectivity index (χ1n) is 6.85. The lowest BCUT2D eigenvalue weighted by atomic mass is 9.68. The zero-order valence-electron chi connectivity index (χ0n) is 13.2. The van der Waals surface area contributed by atoms with E-state index in [1.165, 1.54) is 6.92 Å². The molecule has 0 heterocycles. The molecule has 22 heavy (non-hydrogen) atoms. The van der Waals surface area contributed by atoms with Gasteiger partial charge in [-0.3, -0.25) is 9.59 Å². The largest absolute Gasteiger partial charge is 0.468 e. The summed E-state index contributed by atoms with van der Waals surface area (Å²) in [5.41, 5.74) is -3.96. The van der Waals surface area contributed by atoms with Crippen molar-refractivity contribution < 1.29 is 37.3 Å². The summed E-state index contributed by atoms with van der Waals surface area (Å²) in [5.74, 6) is -6.13. The number of aliphatic hydroxyl groups excluding tert-OH is 1. The summed E-state index contributed by atoms with van der Waals surface area (Å²) in [4.78, 5) is 23.8. The second-order valence-electron chi connectivity index (χ2n) is 5.61. The molecule has 0 amide bonds. The minimum absolute atomic E-state index is 0.0895. The molecule has 5 nitrogen and oxygen atoms in total. The smallest absolute Gasteiger partial charge is 0.317 e. The number of methoxy groups -OCH3 is 1. The van der Waals surface area contributed by atoms with E-state index in [4.69, 9.17) is 9.84 Å². The number of hydrogen-bond acceptors (Lipinski definition) is 5. The number of carbonyl (C=O) groups excluding carboxylic acids is 2. The van der Waals surface area contributed by atoms with Gasteiger partial charge < -0.3 is 14.6 Å². The molecule has 2 atom stereocenters. The predicted molar refractivity (Wildman–Crippen MR) is 72.1 cm³/mol. The molecule has 8 heteroatoms. The van der Waals surface area contributed by atoms with Gasteiger partial charge in [-0.05, 0) is 26.7 Å². The topological polar surface area (TPSA) is 72.8 Å². The maximum absolute atomic E-state index is 14.0. The van der Waals surface area contributed by atoms with Crippen LogP contribution in [0.1, 0.15) is 33.6 Å². The summed E-state index contributed by atoms with van der Waals surface area (Å²) in [5, 5.41) is 8.66. The van der Waals surface area contributed by atoms with Crippen molar-refractivity contribution in [1.82, 2.24) is 0 Å². The number of alkyl halides is 3. The first kappa shape index (κ1) is 20.7. The first-order chi connectivity index (χ1) is 10.0. The van der Waals surface area contributed by atoms with Crippen molar-refractivity contribution in [3.8, 4) is 0 Å². The van der Waals surface area contributed by atoms with Crippen LogP contribution in [0.4, 0.5) is 13.2 Å². The fraction of sp³-hybridized carbons (Fsp3) is 0.857. The molecular weight excluding hydrogens is 305 g/mol. The normalized spacial score (nSPS) is 17.3. The van der Waals surface area contributed by atoms with Gasteiger partial charge in [-0.1, -0.05) is 6.92 Å². The van der Waals surface area contributed by atoms with Gasteiger partial charge in [0.05, 0.1) is 19.1 Å². The first-order valence-corrected chi connectivity index (χ1v) is 6.85. The van der Waals surface area contributed by atoms with E-state index < -0.39 is 48.4 Å². The van der Waals surface area contributed by atoms with Crippen molar-refractivity contribution in [3.63, 3.8) is 0 Å². The number of hydrogen-bond donors (Lipinski definition) is 1. The third kappa shape index (κ3) is 4.12. The molecule has 0 rings (SSSR count).